The van der Waals surface area contributed by atoms with E-state index >= 15 is 4.39 Å². The van der Waals surface area contributed by atoms with Gasteiger partial charge in [-0.1, -0.05) is 83.9 Å². The summed E-state index contributed by atoms with van der Waals surface area (Å²) < 4.78 is 44.3. The minimum absolute atomic E-state index is 0.0535. The van der Waals surface area contributed by atoms with E-state index in [0.29, 0.717) is 65.9 Å². The number of carbonyl (C=O) groups excluding carboxylic acids is 1. The average Bonchev–Trinajstić information content (AvgIpc) is 3.88. The third kappa shape index (κ3) is 7.79. The van der Waals surface area contributed by atoms with Crippen LogP contribution in [0.5, 0.6) is 6.01 Å². The van der Waals surface area contributed by atoms with Crippen molar-refractivity contribution in [2.45, 2.75) is 128 Å². The lowest BCUT2D eigenvalue weighted by Gasteiger charge is -2.38. The maximum Gasteiger partial charge on any atom is 0.410 e. The SMILES string of the molecule is CC(C)[Si](C#Cc1cccc2cccc(-c3ccc4c(N(C)[C@H]5CCN(C(=O)OC(C)(C)C)C5)nc(OC[C@@]56CCCN5C[C@H](F)C6)nc4c3F)c12)(C(C)C)C(C)C. The van der Waals surface area contributed by atoms with Crippen LogP contribution in [0.2, 0.25) is 16.6 Å². The lowest BCUT2D eigenvalue weighted by molar-refractivity contribution is 0.0292. The van der Waals surface area contributed by atoms with Gasteiger partial charge < -0.3 is 19.3 Å². The molecule has 0 radical (unpaired) electrons. The Labute approximate surface area is 344 Å². The molecule has 0 bridgehead atoms. The number of alkyl halides is 1. The molecule has 0 aliphatic carbocycles. The van der Waals surface area contributed by atoms with Crippen molar-refractivity contribution in [2.75, 3.05) is 44.7 Å². The van der Waals surface area contributed by atoms with E-state index in [1.54, 1.807) is 4.90 Å². The second-order valence-electron chi connectivity index (χ2n) is 18.9. The van der Waals surface area contributed by atoms with Crippen molar-refractivity contribution in [2.24, 2.45) is 0 Å². The van der Waals surface area contributed by atoms with Crippen molar-refractivity contribution in [3.63, 3.8) is 0 Å². The lowest BCUT2D eigenvalue weighted by atomic mass is 9.93. The van der Waals surface area contributed by atoms with Crippen molar-refractivity contribution < 1.29 is 23.0 Å². The fraction of sp³-hybridized carbons (Fsp3) is 0.553. The van der Waals surface area contributed by atoms with Gasteiger partial charge >= 0.3 is 12.1 Å². The van der Waals surface area contributed by atoms with Gasteiger partial charge in [0, 0.05) is 61.0 Å². The highest BCUT2D eigenvalue weighted by Crippen LogP contribution is 2.43. The summed E-state index contributed by atoms with van der Waals surface area (Å²) in [6, 6.07) is 15.8. The third-order valence-corrected chi connectivity index (χ3v) is 19.5. The number of carbonyl (C=O) groups is 1. The molecule has 0 N–H and O–H groups in total. The predicted molar refractivity (Wildman–Crippen MR) is 234 cm³/mol. The first kappa shape index (κ1) is 41.9. The number of benzene rings is 3. The van der Waals surface area contributed by atoms with Crippen molar-refractivity contribution >= 4 is 41.7 Å². The van der Waals surface area contributed by atoms with E-state index in [-0.39, 0.29) is 30.3 Å². The van der Waals surface area contributed by atoms with E-state index in [1.165, 1.54) is 0 Å². The fourth-order valence-electron chi connectivity index (χ4n) is 10.3. The van der Waals surface area contributed by atoms with Crippen LogP contribution in [0.25, 0.3) is 32.8 Å². The van der Waals surface area contributed by atoms with Crippen LogP contribution in [0.1, 0.15) is 93.6 Å². The number of hydrogen-bond donors (Lipinski definition) is 0. The van der Waals surface area contributed by atoms with Crippen LogP contribution in [-0.4, -0.2) is 97.1 Å². The van der Waals surface area contributed by atoms with Crippen molar-refractivity contribution in [1.29, 1.82) is 0 Å². The van der Waals surface area contributed by atoms with E-state index in [9.17, 15) is 9.18 Å². The number of halogens is 2. The molecule has 11 heteroatoms. The van der Waals surface area contributed by atoms with Crippen molar-refractivity contribution in [3.8, 4) is 28.6 Å². The molecule has 58 heavy (non-hydrogen) atoms. The topological polar surface area (TPSA) is 71.0 Å². The van der Waals surface area contributed by atoms with Crippen LogP contribution in [0.4, 0.5) is 19.4 Å². The monoisotopic (exact) mass is 809 g/mol. The normalized spacial score (nSPS) is 21.3. The highest BCUT2D eigenvalue weighted by Gasteiger charge is 2.49. The molecular weight excluding hydrogens is 749 g/mol. The molecule has 0 saturated carbocycles. The van der Waals surface area contributed by atoms with Gasteiger partial charge in [0.25, 0.3) is 0 Å². The van der Waals surface area contributed by atoms with E-state index in [4.69, 9.17) is 19.4 Å². The Morgan fingerprint density at radius 2 is 1.69 bits per heavy atom. The largest absolute Gasteiger partial charge is 0.461 e. The Kier molecular flexibility index (Phi) is 11.6. The Balaban J connectivity index is 1.33. The van der Waals surface area contributed by atoms with Crippen LogP contribution in [0, 0.1) is 17.3 Å². The van der Waals surface area contributed by atoms with Gasteiger partial charge in [-0.15, -0.1) is 5.54 Å². The number of aromatic nitrogens is 2. The quantitative estimate of drug-likeness (QED) is 0.123. The summed E-state index contributed by atoms with van der Waals surface area (Å²) in [6.07, 6.45) is 1.62. The number of amides is 1. The Bertz CT molecular complexity index is 2220. The Morgan fingerprint density at radius 3 is 2.38 bits per heavy atom. The molecule has 3 aliphatic heterocycles. The molecule has 3 atom stereocenters. The van der Waals surface area contributed by atoms with Crippen LogP contribution >= 0.6 is 0 Å². The number of rotatable bonds is 9. The number of likely N-dealkylation sites (N-methyl/N-ethyl adjacent to an activating group) is 1. The summed E-state index contributed by atoms with van der Waals surface area (Å²) in [4.78, 5) is 28.6. The zero-order valence-electron chi connectivity index (χ0n) is 36.1. The van der Waals surface area contributed by atoms with Gasteiger partial charge in [-0.25, -0.2) is 13.6 Å². The molecule has 8 nitrogen and oxygen atoms in total. The number of likely N-dealkylation sites (tertiary alicyclic amines) is 1. The molecule has 310 valence electrons. The first-order valence-electron chi connectivity index (χ1n) is 21.2. The maximum absolute atomic E-state index is 17.5. The standard InChI is InChI=1S/C47H61F2N5O3Si/c1-30(2)58(31(3)4,32(5)6)25-21-34-15-11-14-33-16-12-17-37(40(33)34)38-18-19-39-42(41(38)49)50-44(56-29-47-22-13-23-54(47)27-35(48)26-47)51-43(39)52(10)36-20-24-53(28-36)45(55)57-46(7,8)9/h11-12,14-19,30-32,35-36H,13,20,22-24,26-29H2,1-10H3/t35-,36+,47+/m1/s1. The van der Waals surface area contributed by atoms with Gasteiger partial charge in [0.15, 0.2) is 5.82 Å². The van der Waals surface area contributed by atoms with E-state index in [1.807, 2.05) is 63.1 Å². The zero-order valence-corrected chi connectivity index (χ0v) is 37.1. The second-order valence-corrected chi connectivity index (χ2v) is 24.4. The smallest absolute Gasteiger partial charge is 0.410 e. The van der Waals surface area contributed by atoms with E-state index < -0.39 is 31.2 Å². The molecule has 7 rings (SSSR count). The molecular formula is C47H61F2N5O3Si. The maximum atomic E-state index is 17.5. The summed E-state index contributed by atoms with van der Waals surface area (Å²) in [5.74, 6) is 3.70. The lowest BCUT2D eigenvalue weighted by Crippen LogP contribution is -2.43. The van der Waals surface area contributed by atoms with Gasteiger partial charge in [-0.05, 0) is 86.3 Å². The summed E-state index contributed by atoms with van der Waals surface area (Å²) in [6.45, 7) is 21.8. The molecule has 4 aromatic rings. The number of ether oxygens (including phenoxy) is 2. The van der Waals surface area contributed by atoms with Crippen LogP contribution in [0.3, 0.4) is 0 Å². The Morgan fingerprint density at radius 1 is 0.983 bits per heavy atom. The molecule has 3 aromatic carbocycles. The van der Waals surface area contributed by atoms with E-state index in [2.05, 4.69) is 76.1 Å². The Hall–Kier alpha value is -4.27. The summed E-state index contributed by atoms with van der Waals surface area (Å²) in [7, 11) is -0.128. The van der Waals surface area contributed by atoms with Gasteiger partial charge in [0.05, 0.1) is 5.54 Å². The molecule has 1 aromatic heterocycles. The fourth-order valence-corrected chi connectivity index (χ4v) is 15.5. The number of nitrogens with zero attached hydrogens (tertiary/aromatic N) is 5. The number of anilines is 1. The zero-order chi connectivity index (χ0) is 41.7. The number of hydrogen-bond acceptors (Lipinski definition) is 7. The van der Waals surface area contributed by atoms with Gasteiger partial charge in [0.2, 0.25) is 0 Å². The molecule has 3 aliphatic rings. The van der Waals surface area contributed by atoms with Gasteiger partial charge in [0.1, 0.15) is 37.8 Å². The van der Waals surface area contributed by atoms with Crippen LogP contribution in [-0.2, 0) is 4.74 Å². The molecule has 0 spiro atoms. The third-order valence-electron chi connectivity index (χ3n) is 13.2. The predicted octanol–water partition coefficient (Wildman–Crippen LogP) is 10.6. The summed E-state index contributed by atoms with van der Waals surface area (Å²) in [5, 5.41) is 2.44. The molecule has 1 amide bonds. The van der Waals surface area contributed by atoms with E-state index in [0.717, 1.165) is 41.3 Å². The highest BCUT2D eigenvalue weighted by molar-refractivity contribution is 6.90. The molecule has 4 heterocycles. The van der Waals surface area contributed by atoms with Crippen LogP contribution < -0.4 is 9.64 Å². The van der Waals surface area contributed by atoms with Gasteiger partial charge in [-0.3, -0.25) is 4.90 Å². The van der Waals surface area contributed by atoms with Gasteiger partial charge in [-0.2, -0.15) is 9.97 Å². The minimum atomic E-state index is -2.05. The number of fused-ring (bicyclic) bond motifs is 3. The molecule has 0 unspecified atom stereocenters. The summed E-state index contributed by atoms with van der Waals surface area (Å²) >= 11 is 0. The summed E-state index contributed by atoms with van der Waals surface area (Å²) in [5.41, 5.74) is 6.47. The van der Waals surface area contributed by atoms with Crippen molar-refractivity contribution in [1.82, 2.24) is 19.8 Å². The second kappa shape index (κ2) is 16.1. The molecule has 3 saturated heterocycles. The minimum Gasteiger partial charge on any atom is -0.461 e. The highest BCUT2D eigenvalue weighted by atomic mass is 28.3. The first-order valence-corrected chi connectivity index (χ1v) is 23.5. The van der Waals surface area contributed by atoms with Crippen molar-refractivity contribution in [3.05, 3.63) is 59.9 Å². The first-order chi connectivity index (χ1) is 27.4. The van der Waals surface area contributed by atoms with Crippen LogP contribution in [0.15, 0.2) is 48.5 Å². The molecule has 3 fully saturated rings. The average molecular weight is 810 g/mol.